The van der Waals surface area contributed by atoms with E-state index < -0.39 is 0 Å². The van der Waals surface area contributed by atoms with Crippen molar-refractivity contribution in [3.05, 3.63) is 23.8 Å². The van der Waals surface area contributed by atoms with Crippen molar-refractivity contribution >= 4 is 11.4 Å². The Kier molecular flexibility index (Phi) is 4.57. The first-order valence-electron chi connectivity index (χ1n) is 6.03. The van der Waals surface area contributed by atoms with Gasteiger partial charge in [0.15, 0.2) is 0 Å². The number of nitrogens with one attached hydrogen (secondary N) is 1. The number of anilines is 2. The number of nitriles is 1. The highest BCUT2D eigenvalue weighted by atomic mass is 15.1. The maximum atomic E-state index is 8.93. The molecule has 4 nitrogen and oxygen atoms in total. The molecule has 0 heterocycles. The third-order valence-corrected chi connectivity index (χ3v) is 2.73. The van der Waals surface area contributed by atoms with Gasteiger partial charge in [0.25, 0.3) is 0 Å². The van der Waals surface area contributed by atoms with Gasteiger partial charge in [-0.25, -0.2) is 0 Å². The molecule has 0 spiro atoms. The van der Waals surface area contributed by atoms with Crippen LogP contribution in [0.25, 0.3) is 0 Å². The van der Waals surface area contributed by atoms with Crippen molar-refractivity contribution in [1.82, 2.24) is 4.90 Å². The summed E-state index contributed by atoms with van der Waals surface area (Å²) in [6, 6.07) is 7.57. The van der Waals surface area contributed by atoms with Crippen LogP contribution in [0.3, 0.4) is 0 Å². The molecular weight excluding hydrogens is 224 g/mol. The summed E-state index contributed by atoms with van der Waals surface area (Å²) in [7, 11) is 4.12. The summed E-state index contributed by atoms with van der Waals surface area (Å²) < 4.78 is 0. The minimum atomic E-state index is 0.137. The molecule has 0 saturated carbocycles. The molecule has 0 atom stereocenters. The van der Waals surface area contributed by atoms with E-state index in [2.05, 4.69) is 44.2 Å². The Morgan fingerprint density at radius 2 is 2.06 bits per heavy atom. The van der Waals surface area contributed by atoms with Crippen molar-refractivity contribution in [2.24, 2.45) is 5.41 Å². The molecule has 4 heteroatoms. The van der Waals surface area contributed by atoms with Crippen LogP contribution in [0.1, 0.15) is 19.4 Å². The lowest BCUT2D eigenvalue weighted by Crippen LogP contribution is -2.34. The Bertz CT molecular complexity index is 444. The molecule has 0 unspecified atom stereocenters. The maximum Gasteiger partial charge on any atom is 0.101 e. The van der Waals surface area contributed by atoms with Crippen LogP contribution in [0.2, 0.25) is 0 Å². The minimum absolute atomic E-state index is 0.137. The van der Waals surface area contributed by atoms with Crippen molar-refractivity contribution in [3.8, 4) is 6.07 Å². The van der Waals surface area contributed by atoms with Gasteiger partial charge in [0.1, 0.15) is 6.07 Å². The molecule has 0 bridgehead atoms. The monoisotopic (exact) mass is 246 g/mol. The molecule has 0 aliphatic heterocycles. The average Bonchev–Trinajstić information content (AvgIpc) is 2.26. The minimum Gasteiger partial charge on any atom is -0.396 e. The molecule has 1 rings (SSSR count). The SMILES string of the molecule is CN(C)CC(C)(C)CNc1cccc(C#N)c1N. The zero-order valence-corrected chi connectivity index (χ0v) is 11.6. The van der Waals surface area contributed by atoms with Gasteiger partial charge in [-0.1, -0.05) is 19.9 Å². The molecule has 3 N–H and O–H groups in total. The van der Waals surface area contributed by atoms with Gasteiger partial charge in [-0.2, -0.15) is 5.26 Å². The van der Waals surface area contributed by atoms with Gasteiger partial charge in [-0.3, -0.25) is 0 Å². The Morgan fingerprint density at radius 3 is 2.61 bits per heavy atom. The normalized spacial score (nSPS) is 11.3. The van der Waals surface area contributed by atoms with Crippen LogP contribution in [-0.4, -0.2) is 32.1 Å². The zero-order valence-electron chi connectivity index (χ0n) is 11.6. The van der Waals surface area contributed by atoms with E-state index in [1.165, 1.54) is 0 Å². The van der Waals surface area contributed by atoms with E-state index in [0.29, 0.717) is 11.3 Å². The van der Waals surface area contributed by atoms with Crippen LogP contribution in [0, 0.1) is 16.7 Å². The molecule has 1 aromatic rings. The van der Waals surface area contributed by atoms with E-state index in [9.17, 15) is 0 Å². The summed E-state index contributed by atoms with van der Waals surface area (Å²) in [5, 5.41) is 12.3. The second-order valence-electron chi connectivity index (χ2n) is 5.63. The molecule has 18 heavy (non-hydrogen) atoms. The summed E-state index contributed by atoms with van der Waals surface area (Å²) in [5.41, 5.74) is 7.95. The first kappa shape index (κ1) is 14.3. The fraction of sp³-hybridized carbons (Fsp3) is 0.500. The number of hydrogen-bond donors (Lipinski definition) is 2. The van der Waals surface area contributed by atoms with Crippen LogP contribution in [0.4, 0.5) is 11.4 Å². The summed E-state index contributed by atoms with van der Waals surface area (Å²) in [5.74, 6) is 0. The molecule has 1 aromatic carbocycles. The summed E-state index contributed by atoms with van der Waals surface area (Å²) in [4.78, 5) is 2.16. The van der Waals surface area contributed by atoms with E-state index in [1.54, 1.807) is 6.07 Å². The Hall–Kier alpha value is -1.73. The highest BCUT2D eigenvalue weighted by Gasteiger charge is 2.19. The molecule has 0 aliphatic carbocycles. The lowest BCUT2D eigenvalue weighted by Gasteiger charge is -2.29. The summed E-state index contributed by atoms with van der Waals surface area (Å²) in [6.07, 6.45) is 0. The lowest BCUT2D eigenvalue weighted by atomic mass is 9.92. The van der Waals surface area contributed by atoms with Crippen LogP contribution in [-0.2, 0) is 0 Å². The summed E-state index contributed by atoms with van der Waals surface area (Å²) >= 11 is 0. The van der Waals surface area contributed by atoms with Crippen molar-refractivity contribution in [2.75, 3.05) is 38.2 Å². The number of hydrogen-bond acceptors (Lipinski definition) is 4. The number of para-hydroxylation sites is 1. The highest BCUT2D eigenvalue weighted by molar-refractivity contribution is 5.72. The second-order valence-corrected chi connectivity index (χ2v) is 5.63. The smallest absolute Gasteiger partial charge is 0.101 e. The zero-order chi connectivity index (χ0) is 13.8. The average molecular weight is 246 g/mol. The molecule has 0 fully saturated rings. The lowest BCUT2D eigenvalue weighted by molar-refractivity contribution is 0.254. The molecular formula is C14H22N4. The fourth-order valence-corrected chi connectivity index (χ4v) is 2.06. The van der Waals surface area contributed by atoms with Gasteiger partial charge in [-0.15, -0.1) is 0 Å². The van der Waals surface area contributed by atoms with Gasteiger partial charge in [0, 0.05) is 13.1 Å². The van der Waals surface area contributed by atoms with Gasteiger partial charge < -0.3 is 16.0 Å². The van der Waals surface area contributed by atoms with E-state index in [1.807, 2.05) is 12.1 Å². The molecule has 0 aliphatic rings. The molecule has 0 amide bonds. The second kappa shape index (κ2) is 5.74. The van der Waals surface area contributed by atoms with Crippen molar-refractivity contribution in [1.29, 1.82) is 5.26 Å². The first-order chi connectivity index (χ1) is 8.35. The van der Waals surface area contributed by atoms with Gasteiger partial charge in [-0.05, 0) is 31.6 Å². The number of nitrogens with two attached hydrogens (primary N) is 1. The van der Waals surface area contributed by atoms with Crippen LogP contribution < -0.4 is 11.1 Å². The largest absolute Gasteiger partial charge is 0.396 e. The number of nitrogen functional groups attached to an aromatic ring is 1. The third-order valence-electron chi connectivity index (χ3n) is 2.73. The maximum absolute atomic E-state index is 8.93. The van der Waals surface area contributed by atoms with Crippen molar-refractivity contribution in [2.45, 2.75) is 13.8 Å². The van der Waals surface area contributed by atoms with Crippen LogP contribution in [0.5, 0.6) is 0 Å². The van der Waals surface area contributed by atoms with Gasteiger partial charge >= 0.3 is 0 Å². The van der Waals surface area contributed by atoms with E-state index in [0.717, 1.165) is 18.8 Å². The van der Waals surface area contributed by atoms with E-state index in [-0.39, 0.29) is 5.41 Å². The predicted molar refractivity (Wildman–Crippen MR) is 76.4 cm³/mol. The van der Waals surface area contributed by atoms with Crippen LogP contribution in [0.15, 0.2) is 18.2 Å². The molecule has 0 radical (unpaired) electrons. The molecule has 98 valence electrons. The number of benzene rings is 1. The van der Waals surface area contributed by atoms with Crippen molar-refractivity contribution in [3.63, 3.8) is 0 Å². The molecule has 0 saturated heterocycles. The Labute approximate surface area is 109 Å². The topological polar surface area (TPSA) is 65.1 Å². The Balaban J connectivity index is 2.73. The number of rotatable bonds is 5. The standard InChI is InChI=1S/C14H22N4/c1-14(2,10-18(3)4)9-17-12-7-5-6-11(8-15)13(12)16/h5-7,17H,9-10,16H2,1-4H3. The van der Waals surface area contributed by atoms with E-state index in [4.69, 9.17) is 11.0 Å². The summed E-state index contributed by atoms with van der Waals surface area (Å²) in [6.45, 7) is 6.19. The fourth-order valence-electron chi connectivity index (χ4n) is 2.06. The Morgan fingerprint density at radius 1 is 1.39 bits per heavy atom. The van der Waals surface area contributed by atoms with Crippen molar-refractivity contribution < 1.29 is 0 Å². The molecule has 0 aromatic heterocycles. The van der Waals surface area contributed by atoms with Crippen LogP contribution >= 0.6 is 0 Å². The van der Waals surface area contributed by atoms with E-state index >= 15 is 0 Å². The van der Waals surface area contributed by atoms with Gasteiger partial charge in [0.05, 0.1) is 16.9 Å². The quantitative estimate of drug-likeness (QED) is 0.781. The number of nitrogens with zero attached hydrogens (tertiary/aromatic N) is 2. The third kappa shape index (κ3) is 3.94. The van der Waals surface area contributed by atoms with Gasteiger partial charge in [0.2, 0.25) is 0 Å². The predicted octanol–water partition coefficient (Wildman–Crippen LogP) is 2.14. The first-order valence-corrected chi connectivity index (χ1v) is 6.03. The highest BCUT2D eigenvalue weighted by Crippen LogP contribution is 2.24.